The predicted octanol–water partition coefficient (Wildman–Crippen LogP) is 2.56. The largest absolute Gasteiger partial charge is 0.461 e. The number of hydrogen-bond acceptors (Lipinski definition) is 5. The molecule has 5 nitrogen and oxygen atoms in total. The van der Waals surface area contributed by atoms with Crippen molar-refractivity contribution in [3.63, 3.8) is 0 Å². The Morgan fingerprint density at radius 3 is 2.33 bits per heavy atom. The summed E-state index contributed by atoms with van der Waals surface area (Å²) in [7, 11) is 0. The quantitative estimate of drug-likeness (QED) is 0.854. The smallest absolute Gasteiger partial charge is 0.316 e. The lowest BCUT2D eigenvalue weighted by Crippen LogP contribution is -2.41. The Morgan fingerprint density at radius 1 is 1.29 bits per heavy atom. The molecule has 1 saturated heterocycles. The second-order valence-electron chi connectivity index (χ2n) is 5.39. The van der Waals surface area contributed by atoms with Gasteiger partial charge in [-0.05, 0) is 13.8 Å². The van der Waals surface area contributed by atoms with Crippen LogP contribution in [0.1, 0.15) is 38.3 Å². The standard InChI is InChI=1S/C14H18F2N4O/c1-10(2)21-13-18-8-11(9-19-13)12(7-17)20-5-3-14(15,16)4-6-20/h8-10,12H,3-6H2,1-2H3. The molecular formula is C14H18F2N4O. The molecule has 0 amide bonds. The summed E-state index contributed by atoms with van der Waals surface area (Å²) < 4.78 is 31.7. The number of alkyl halides is 2. The highest BCUT2D eigenvalue weighted by Gasteiger charge is 2.36. The molecule has 1 aliphatic rings. The molecular weight excluding hydrogens is 278 g/mol. The van der Waals surface area contributed by atoms with Crippen LogP contribution in [0, 0.1) is 11.3 Å². The molecule has 1 aromatic heterocycles. The molecule has 0 spiro atoms. The van der Waals surface area contributed by atoms with Crippen molar-refractivity contribution in [2.75, 3.05) is 13.1 Å². The molecule has 21 heavy (non-hydrogen) atoms. The zero-order valence-electron chi connectivity index (χ0n) is 12.1. The minimum absolute atomic E-state index is 0.0352. The van der Waals surface area contributed by atoms with Gasteiger partial charge in [0.15, 0.2) is 0 Å². The van der Waals surface area contributed by atoms with Crippen LogP contribution in [0.5, 0.6) is 6.01 Å². The minimum Gasteiger partial charge on any atom is -0.461 e. The Hall–Kier alpha value is -1.81. The summed E-state index contributed by atoms with van der Waals surface area (Å²) in [4.78, 5) is 9.84. The highest BCUT2D eigenvalue weighted by Crippen LogP contribution is 2.32. The summed E-state index contributed by atoms with van der Waals surface area (Å²) in [5.41, 5.74) is 0.596. The average Bonchev–Trinajstić information content (AvgIpc) is 2.42. The van der Waals surface area contributed by atoms with Crippen molar-refractivity contribution >= 4 is 0 Å². The van der Waals surface area contributed by atoms with Crippen LogP contribution in [0.2, 0.25) is 0 Å². The van der Waals surface area contributed by atoms with Crippen molar-refractivity contribution in [3.8, 4) is 12.1 Å². The van der Waals surface area contributed by atoms with Gasteiger partial charge in [0.25, 0.3) is 5.92 Å². The van der Waals surface area contributed by atoms with Crippen LogP contribution in [0.4, 0.5) is 8.78 Å². The molecule has 7 heteroatoms. The molecule has 1 aromatic rings. The Kier molecular flexibility index (Phi) is 4.68. The number of hydrogen-bond donors (Lipinski definition) is 0. The van der Waals surface area contributed by atoms with Crippen molar-refractivity contribution < 1.29 is 13.5 Å². The lowest BCUT2D eigenvalue weighted by Gasteiger charge is -2.34. The molecule has 0 aliphatic carbocycles. The third-order valence-electron chi connectivity index (χ3n) is 3.32. The fraction of sp³-hybridized carbons (Fsp3) is 0.643. The SMILES string of the molecule is CC(C)Oc1ncc(C(C#N)N2CCC(F)(F)CC2)cn1. The number of nitrogens with zero attached hydrogens (tertiary/aromatic N) is 4. The molecule has 0 bridgehead atoms. The van der Waals surface area contributed by atoms with Crippen molar-refractivity contribution in [1.82, 2.24) is 14.9 Å². The van der Waals surface area contributed by atoms with Gasteiger partial charge in [0.05, 0.1) is 12.2 Å². The van der Waals surface area contributed by atoms with E-state index >= 15 is 0 Å². The number of halogens is 2. The molecule has 1 aliphatic heterocycles. The molecule has 1 fully saturated rings. The fourth-order valence-corrected chi connectivity index (χ4v) is 2.22. The van der Waals surface area contributed by atoms with Gasteiger partial charge < -0.3 is 4.74 Å². The van der Waals surface area contributed by atoms with E-state index in [0.29, 0.717) is 5.56 Å². The summed E-state index contributed by atoms with van der Waals surface area (Å²) in [6.07, 6.45) is 2.56. The summed E-state index contributed by atoms with van der Waals surface area (Å²) in [6, 6.07) is 1.78. The Bertz CT molecular complexity index is 503. The molecule has 0 radical (unpaired) electrons. The number of piperidine rings is 1. The normalized spacial score (nSPS) is 20.0. The topological polar surface area (TPSA) is 62.0 Å². The van der Waals surface area contributed by atoms with E-state index < -0.39 is 12.0 Å². The molecule has 1 unspecified atom stereocenters. The van der Waals surface area contributed by atoms with E-state index in [1.54, 1.807) is 4.90 Å². The third kappa shape index (κ3) is 4.08. The van der Waals surface area contributed by atoms with Crippen LogP contribution >= 0.6 is 0 Å². The van der Waals surface area contributed by atoms with Crippen molar-refractivity contribution in [2.24, 2.45) is 0 Å². The maximum atomic E-state index is 13.2. The zero-order chi connectivity index (χ0) is 15.5. The summed E-state index contributed by atoms with van der Waals surface area (Å²) in [6.45, 7) is 4.11. The van der Waals surface area contributed by atoms with E-state index in [4.69, 9.17) is 4.74 Å². The van der Waals surface area contributed by atoms with Gasteiger partial charge in [-0.25, -0.2) is 18.7 Å². The van der Waals surface area contributed by atoms with Gasteiger partial charge in [-0.2, -0.15) is 5.26 Å². The van der Waals surface area contributed by atoms with E-state index in [1.165, 1.54) is 12.4 Å². The lowest BCUT2D eigenvalue weighted by atomic mass is 10.0. The number of nitriles is 1. The van der Waals surface area contributed by atoms with Gasteiger partial charge in [-0.3, -0.25) is 4.90 Å². The van der Waals surface area contributed by atoms with Crippen molar-refractivity contribution in [3.05, 3.63) is 18.0 Å². The van der Waals surface area contributed by atoms with E-state index in [0.717, 1.165) is 0 Å². The molecule has 2 heterocycles. The van der Waals surface area contributed by atoms with Gasteiger partial charge in [-0.15, -0.1) is 0 Å². The molecule has 0 N–H and O–H groups in total. The van der Waals surface area contributed by atoms with E-state index in [2.05, 4.69) is 16.0 Å². The van der Waals surface area contributed by atoms with Gasteiger partial charge in [0.1, 0.15) is 6.04 Å². The van der Waals surface area contributed by atoms with Crippen LogP contribution in [-0.2, 0) is 0 Å². The van der Waals surface area contributed by atoms with Crippen LogP contribution < -0.4 is 4.74 Å². The van der Waals surface area contributed by atoms with E-state index in [-0.39, 0.29) is 38.0 Å². The first-order valence-electron chi connectivity index (χ1n) is 6.91. The van der Waals surface area contributed by atoms with Gasteiger partial charge in [0, 0.05) is 43.9 Å². The monoisotopic (exact) mass is 296 g/mol. The molecule has 0 saturated carbocycles. The van der Waals surface area contributed by atoms with Crippen LogP contribution in [0.25, 0.3) is 0 Å². The minimum atomic E-state index is -2.62. The maximum absolute atomic E-state index is 13.2. The molecule has 0 aromatic carbocycles. The number of rotatable bonds is 4. The third-order valence-corrected chi connectivity index (χ3v) is 3.32. The zero-order valence-corrected chi connectivity index (χ0v) is 12.1. The van der Waals surface area contributed by atoms with E-state index in [9.17, 15) is 14.0 Å². The summed E-state index contributed by atoms with van der Waals surface area (Å²) in [5.74, 6) is -2.62. The van der Waals surface area contributed by atoms with Crippen LogP contribution in [0.15, 0.2) is 12.4 Å². The van der Waals surface area contributed by atoms with Gasteiger partial charge >= 0.3 is 6.01 Å². The maximum Gasteiger partial charge on any atom is 0.316 e. The highest BCUT2D eigenvalue weighted by atomic mass is 19.3. The number of ether oxygens (including phenoxy) is 1. The first-order chi connectivity index (χ1) is 9.91. The van der Waals surface area contributed by atoms with Gasteiger partial charge in [0.2, 0.25) is 0 Å². The van der Waals surface area contributed by atoms with Crippen LogP contribution in [-0.4, -0.2) is 40.0 Å². The second kappa shape index (κ2) is 6.31. The van der Waals surface area contributed by atoms with E-state index in [1.807, 2.05) is 13.8 Å². The molecule has 2 rings (SSSR count). The number of likely N-dealkylation sites (tertiary alicyclic amines) is 1. The number of aromatic nitrogens is 2. The Morgan fingerprint density at radius 2 is 1.86 bits per heavy atom. The Labute approximate surface area is 122 Å². The average molecular weight is 296 g/mol. The van der Waals surface area contributed by atoms with Crippen molar-refractivity contribution in [1.29, 1.82) is 5.26 Å². The fourth-order valence-electron chi connectivity index (χ4n) is 2.22. The summed E-state index contributed by atoms with van der Waals surface area (Å²) >= 11 is 0. The second-order valence-corrected chi connectivity index (χ2v) is 5.39. The molecule has 1 atom stereocenters. The summed E-state index contributed by atoms with van der Waals surface area (Å²) in [5, 5.41) is 9.31. The Balaban J connectivity index is 2.06. The van der Waals surface area contributed by atoms with Crippen molar-refractivity contribution in [2.45, 2.75) is 44.8 Å². The van der Waals surface area contributed by atoms with Crippen LogP contribution in [0.3, 0.4) is 0 Å². The lowest BCUT2D eigenvalue weighted by molar-refractivity contribution is -0.0595. The van der Waals surface area contributed by atoms with Gasteiger partial charge in [-0.1, -0.05) is 0 Å². The first kappa shape index (κ1) is 15.6. The molecule has 114 valence electrons. The predicted molar refractivity (Wildman–Crippen MR) is 71.9 cm³/mol. The highest BCUT2D eigenvalue weighted by molar-refractivity contribution is 5.19. The first-order valence-corrected chi connectivity index (χ1v) is 6.91.